The molecule has 0 radical (unpaired) electrons. The summed E-state index contributed by atoms with van der Waals surface area (Å²) in [5.41, 5.74) is 0.133. The van der Waals surface area contributed by atoms with Crippen molar-refractivity contribution in [2.75, 3.05) is 4.90 Å². The lowest BCUT2D eigenvalue weighted by Crippen LogP contribution is -2.57. The third-order valence-electron chi connectivity index (χ3n) is 3.49. The molecule has 3 rings (SSSR count). The van der Waals surface area contributed by atoms with Gasteiger partial charge in [-0.15, -0.1) is 0 Å². The summed E-state index contributed by atoms with van der Waals surface area (Å²) >= 11 is 11.0. The van der Waals surface area contributed by atoms with Crippen LogP contribution in [0.1, 0.15) is 0 Å². The molecule has 0 unspecified atom stereocenters. The van der Waals surface area contributed by atoms with Crippen LogP contribution in [0.15, 0.2) is 47.5 Å². The number of amides is 1. The molecule has 6 heteroatoms. The molecule has 1 aliphatic carbocycles. The number of carbonyl (C=O) groups excluding carboxylic acids is 1. The van der Waals surface area contributed by atoms with Crippen molar-refractivity contribution in [2.24, 2.45) is 4.99 Å². The van der Waals surface area contributed by atoms with Gasteiger partial charge in [-0.1, -0.05) is 72.1 Å². The number of hydrogen-bond acceptors (Lipinski definition) is 2. The summed E-state index contributed by atoms with van der Waals surface area (Å²) < 4.78 is 0. The molecule has 1 aromatic carbocycles. The molecule has 1 amide bonds. The van der Waals surface area contributed by atoms with Crippen molar-refractivity contribution >= 4 is 65.6 Å². The van der Waals surface area contributed by atoms with Crippen LogP contribution in [0.3, 0.4) is 0 Å². The molecule has 104 valence electrons. The van der Waals surface area contributed by atoms with Crippen molar-refractivity contribution in [3.05, 3.63) is 42.5 Å². The summed E-state index contributed by atoms with van der Waals surface area (Å²) in [5.74, 6) is -0.0991. The van der Waals surface area contributed by atoms with Gasteiger partial charge in [0.1, 0.15) is 0 Å². The molecule has 4 atom stereocenters. The number of para-hydroxylation sites is 1. The first-order valence-corrected chi connectivity index (χ1v) is 8.87. The number of hydrogen-bond donors (Lipinski definition) is 0. The molecule has 20 heavy (non-hydrogen) atoms. The minimum atomic E-state index is -0.711. The van der Waals surface area contributed by atoms with E-state index in [1.54, 1.807) is 4.90 Å². The van der Waals surface area contributed by atoms with E-state index in [1.165, 1.54) is 6.21 Å². The summed E-state index contributed by atoms with van der Waals surface area (Å²) in [6.45, 7) is 0. The predicted molar refractivity (Wildman–Crippen MR) is 92.4 cm³/mol. The van der Waals surface area contributed by atoms with Gasteiger partial charge in [-0.25, -0.2) is 0 Å². The quantitative estimate of drug-likeness (QED) is 0.463. The van der Waals surface area contributed by atoms with Crippen LogP contribution in [0.5, 0.6) is 0 Å². The molecule has 0 fully saturated rings. The van der Waals surface area contributed by atoms with E-state index >= 15 is 0 Å². The highest BCUT2D eigenvalue weighted by atomic mass is 79.9. The molecule has 0 saturated carbocycles. The van der Waals surface area contributed by atoms with E-state index in [4.69, 9.17) is 0 Å². The summed E-state index contributed by atoms with van der Waals surface area (Å²) in [7, 11) is 0. The van der Waals surface area contributed by atoms with Gasteiger partial charge in [0.25, 0.3) is 5.91 Å². The fraction of sp³-hybridized carbons (Fsp3) is 0.286. The Hall–Kier alpha value is -0.460. The number of benzene rings is 1. The lowest BCUT2D eigenvalue weighted by atomic mass is 9.94. The molecule has 1 aliphatic heterocycles. The second kappa shape index (κ2) is 5.39. The van der Waals surface area contributed by atoms with Gasteiger partial charge in [0.15, 0.2) is 5.66 Å². The van der Waals surface area contributed by atoms with E-state index in [0.717, 1.165) is 5.69 Å². The molecule has 0 saturated heterocycles. The number of carbonyl (C=O) groups is 1. The van der Waals surface area contributed by atoms with Crippen molar-refractivity contribution in [3.63, 3.8) is 0 Å². The average molecular weight is 463 g/mol. The first-order valence-electron chi connectivity index (χ1n) is 6.12. The van der Waals surface area contributed by atoms with E-state index in [-0.39, 0.29) is 20.4 Å². The molecule has 3 nitrogen and oxygen atoms in total. The van der Waals surface area contributed by atoms with Crippen LogP contribution in [0.25, 0.3) is 0 Å². The third-order valence-corrected chi connectivity index (χ3v) is 8.13. The largest absolute Gasteiger partial charge is 0.277 e. The minimum Gasteiger partial charge on any atom is -0.277 e. The number of alkyl halides is 3. The highest BCUT2D eigenvalue weighted by Crippen LogP contribution is 2.44. The van der Waals surface area contributed by atoms with Crippen LogP contribution in [-0.2, 0) is 4.79 Å². The molecular weight excluding hydrogens is 452 g/mol. The number of allylic oxidation sites excluding steroid dienone is 1. The maximum absolute atomic E-state index is 12.3. The van der Waals surface area contributed by atoms with Gasteiger partial charge in [-0.3, -0.25) is 14.7 Å². The maximum atomic E-state index is 12.3. The van der Waals surface area contributed by atoms with Crippen LogP contribution in [-0.4, -0.2) is 32.3 Å². The first-order chi connectivity index (χ1) is 9.56. The molecule has 1 aromatic rings. The second-order valence-corrected chi connectivity index (χ2v) is 7.80. The number of rotatable bonds is 1. The van der Waals surface area contributed by atoms with Crippen molar-refractivity contribution in [2.45, 2.75) is 20.1 Å². The number of halogens is 3. The van der Waals surface area contributed by atoms with Crippen molar-refractivity contribution in [3.8, 4) is 0 Å². The molecule has 1 spiro atoms. The zero-order valence-electron chi connectivity index (χ0n) is 10.3. The number of nitrogens with zero attached hydrogens (tertiary/aromatic N) is 2. The molecule has 0 N–H and O–H groups in total. The zero-order chi connectivity index (χ0) is 14.3. The Bertz CT molecular complexity index is 589. The molecular formula is C14H11Br3N2O. The highest BCUT2D eigenvalue weighted by Gasteiger charge is 2.52. The van der Waals surface area contributed by atoms with Gasteiger partial charge in [-0.2, -0.15) is 0 Å². The second-order valence-electron chi connectivity index (χ2n) is 4.70. The lowest BCUT2D eigenvalue weighted by Gasteiger charge is -2.43. The van der Waals surface area contributed by atoms with E-state index in [9.17, 15) is 4.79 Å². The fourth-order valence-electron chi connectivity index (χ4n) is 2.50. The van der Waals surface area contributed by atoms with E-state index in [2.05, 4.69) is 52.8 Å². The third kappa shape index (κ3) is 2.12. The summed E-state index contributed by atoms with van der Waals surface area (Å²) in [5, 5.41) is 0. The Morgan fingerprint density at radius 3 is 2.55 bits per heavy atom. The van der Waals surface area contributed by atoms with Gasteiger partial charge in [0, 0.05) is 15.3 Å². The van der Waals surface area contributed by atoms with Crippen LogP contribution < -0.4 is 4.90 Å². The van der Waals surface area contributed by atoms with Crippen LogP contribution in [0.2, 0.25) is 0 Å². The fourth-order valence-corrected chi connectivity index (χ4v) is 4.74. The molecule has 2 aliphatic rings. The first kappa shape index (κ1) is 14.5. The minimum absolute atomic E-state index is 0.0349. The molecule has 1 heterocycles. The normalized spacial score (nSPS) is 36.0. The smallest absolute Gasteiger partial charge is 0.271 e. The zero-order valence-corrected chi connectivity index (χ0v) is 15.0. The van der Waals surface area contributed by atoms with Crippen LogP contribution in [0, 0.1) is 0 Å². The van der Waals surface area contributed by atoms with Gasteiger partial charge < -0.3 is 0 Å². The Kier molecular flexibility index (Phi) is 3.90. The summed E-state index contributed by atoms with van der Waals surface area (Å²) in [6, 6.07) is 9.62. The van der Waals surface area contributed by atoms with Gasteiger partial charge >= 0.3 is 0 Å². The highest BCUT2D eigenvalue weighted by molar-refractivity contribution is 9.13. The number of aliphatic imine (C=N–C) groups is 1. The van der Waals surface area contributed by atoms with Gasteiger partial charge in [0.2, 0.25) is 0 Å². The Balaban J connectivity index is 2.10. The van der Waals surface area contributed by atoms with Crippen molar-refractivity contribution in [1.82, 2.24) is 0 Å². The van der Waals surface area contributed by atoms with E-state index < -0.39 is 5.66 Å². The standard InChI is InChI=1S/C14H11Br3N2O/c15-10-6-7-14(13(17)12(10)16)18-8-11(20)19(14)9-4-2-1-3-5-9/h1-8,10,12-13H/t10-,12+,13+,14+/m0/s1. The molecule has 0 aromatic heterocycles. The maximum Gasteiger partial charge on any atom is 0.271 e. The summed E-state index contributed by atoms with van der Waals surface area (Å²) in [6.07, 6.45) is 5.42. The van der Waals surface area contributed by atoms with Gasteiger partial charge in [-0.05, 0) is 18.2 Å². The topological polar surface area (TPSA) is 32.7 Å². The predicted octanol–water partition coefficient (Wildman–Crippen LogP) is 3.66. The lowest BCUT2D eigenvalue weighted by molar-refractivity contribution is -0.112. The Labute approximate surface area is 142 Å². The van der Waals surface area contributed by atoms with E-state index in [0.29, 0.717) is 0 Å². The van der Waals surface area contributed by atoms with Crippen LogP contribution in [0.4, 0.5) is 5.69 Å². The Morgan fingerprint density at radius 2 is 1.85 bits per heavy atom. The average Bonchev–Trinajstić information content (AvgIpc) is 2.80. The number of anilines is 1. The van der Waals surface area contributed by atoms with Crippen molar-refractivity contribution < 1.29 is 4.79 Å². The van der Waals surface area contributed by atoms with E-state index in [1.807, 2.05) is 42.5 Å². The summed E-state index contributed by atoms with van der Waals surface area (Å²) in [4.78, 5) is 18.8. The van der Waals surface area contributed by atoms with Crippen LogP contribution >= 0.6 is 47.8 Å². The monoisotopic (exact) mass is 460 g/mol. The van der Waals surface area contributed by atoms with Crippen molar-refractivity contribution in [1.29, 1.82) is 0 Å². The Morgan fingerprint density at radius 1 is 1.15 bits per heavy atom. The SMILES string of the molecule is O=C1C=N[C@]2(C=C[C@H](Br)[C@@H](Br)[C@H]2Br)N1c1ccccc1. The van der Waals surface area contributed by atoms with Gasteiger partial charge in [0.05, 0.1) is 11.0 Å². The molecule has 0 bridgehead atoms.